The van der Waals surface area contributed by atoms with Crippen molar-refractivity contribution in [2.45, 2.75) is 52.2 Å². The molecule has 1 fully saturated rings. The van der Waals surface area contributed by atoms with Crippen molar-refractivity contribution in [1.29, 1.82) is 0 Å². The topological polar surface area (TPSA) is 81.8 Å². The molecule has 1 N–H and O–H groups in total. The Morgan fingerprint density at radius 1 is 1.26 bits per heavy atom. The Balaban J connectivity index is 1.53. The molecular weight excluding hydrogens is 342 g/mol. The van der Waals surface area contributed by atoms with Gasteiger partial charge in [-0.05, 0) is 39.2 Å². The fraction of sp³-hybridized carbons (Fsp3) is 0.400. The molecule has 1 saturated carbocycles. The predicted octanol–water partition coefficient (Wildman–Crippen LogP) is 2.42. The van der Waals surface area contributed by atoms with Crippen LogP contribution in [0.1, 0.15) is 48.7 Å². The Kier molecular flexibility index (Phi) is 4.30. The van der Waals surface area contributed by atoms with E-state index >= 15 is 0 Å². The molecule has 7 heteroatoms. The fourth-order valence-corrected chi connectivity index (χ4v) is 3.33. The number of aryl methyl sites for hydroxylation is 2. The summed E-state index contributed by atoms with van der Waals surface area (Å²) in [4.78, 5) is 25.2. The van der Waals surface area contributed by atoms with E-state index in [4.69, 9.17) is 0 Å². The average molecular weight is 365 g/mol. The Morgan fingerprint density at radius 3 is 2.63 bits per heavy atom. The monoisotopic (exact) mass is 365 g/mol. The quantitative estimate of drug-likeness (QED) is 0.753. The first-order valence-corrected chi connectivity index (χ1v) is 9.25. The van der Waals surface area contributed by atoms with Crippen LogP contribution in [0, 0.1) is 13.8 Å². The maximum Gasteiger partial charge on any atom is 0.278 e. The van der Waals surface area contributed by atoms with E-state index < -0.39 is 0 Å². The third kappa shape index (κ3) is 3.37. The number of fused-ring (bicyclic) bond motifs is 1. The van der Waals surface area contributed by atoms with Crippen LogP contribution in [0.2, 0.25) is 0 Å². The second kappa shape index (κ2) is 6.64. The van der Waals surface area contributed by atoms with Gasteiger partial charge < -0.3 is 5.32 Å². The van der Waals surface area contributed by atoms with E-state index in [1.807, 2.05) is 49.7 Å². The number of carbonyl (C=O) groups excluding carboxylic acids is 1. The first-order valence-electron chi connectivity index (χ1n) is 9.25. The lowest BCUT2D eigenvalue weighted by molar-refractivity contribution is -0.122. The highest BCUT2D eigenvalue weighted by molar-refractivity contribution is 5.81. The van der Waals surface area contributed by atoms with E-state index in [2.05, 4.69) is 15.5 Å². The van der Waals surface area contributed by atoms with Crippen molar-refractivity contribution in [3.05, 3.63) is 57.6 Å². The van der Waals surface area contributed by atoms with Crippen LogP contribution in [0.5, 0.6) is 0 Å². The summed E-state index contributed by atoms with van der Waals surface area (Å²) in [6.45, 7) is 5.66. The van der Waals surface area contributed by atoms with Gasteiger partial charge in [0.05, 0.1) is 34.9 Å². The summed E-state index contributed by atoms with van der Waals surface area (Å²) >= 11 is 0. The molecule has 1 aliphatic rings. The minimum Gasteiger partial charge on any atom is -0.348 e. The zero-order valence-corrected chi connectivity index (χ0v) is 15.8. The molecule has 3 aromatic rings. The summed E-state index contributed by atoms with van der Waals surface area (Å²) in [6, 6.07) is 8.24. The molecule has 1 atom stereocenters. The van der Waals surface area contributed by atoms with Crippen molar-refractivity contribution in [2.75, 3.05) is 0 Å². The Bertz CT molecular complexity index is 1060. The van der Waals surface area contributed by atoms with Gasteiger partial charge >= 0.3 is 0 Å². The van der Waals surface area contributed by atoms with Crippen molar-refractivity contribution in [3.8, 4) is 0 Å². The summed E-state index contributed by atoms with van der Waals surface area (Å²) in [6.07, 6.45) is 3.81. The molecule has 0 spiro atoms. The maximum atomic E-state index is 12.8. The Morgan fingerprint density at radius 2 is 1.96 bits per heavy atom. The third-order valence-corrected chi connectivity index (χ3v) is 5.03. The summed E-state index contributed by atoms with van der Waals surface area (Å²) in [5, 5.41) is 12.2. The van der Waals surface area contributed by atoms with Crippen LogP contribution in [0.3, 0.4) is 0 Å². The molecule has 0 bridgehead atoms. The molecule has 1 aliphatic carbocycles. The number of nitrogens with one attached hydrogen (secondary N) is 1. The van der Waals surface area contributed by atoms with Crippen molar-refractivity contribution in [3.63, 3.8) is 0 Å². The van der Waals surface area contributed by atoms with Gasteiger partial charge in [-0.2, -0.15) is 10.2 Å². The summed E-state index contributed by atoms with van der Waals surface area (Å²) in [7, 11) is 0. The van der Waals surface area contributed by atoms with Gasteiger partial charge in [0.25, 0.3) is 5.56 Å². The Hall–Kier alpha value is -2.96. The number of amides is 1. The molecule has 1 aromatic carbocycles. The van der Waals surface area contributed by atoms with Gasteiger partial charge in [0.1, 0.15) is 6.54 Å². The van der Waals surface area contributed by atoms with Crippen LogP contribution in [-0.4, -0.2) is 25.5 Å². The number of carbonyl (C=O) groups is 1. The lowest BCUT2D eigenvalue weighted by Crippen LogP contribution is -2.35. The Labute approximate surface area is 157 Å². The predicted molar refractivity (Wildman–Crippen MR) is 103 cm³/mol. The summed E-state index contributed by atoms with van der Waals surface area (Å²) in [5.41, 5.74) is 3.36. The zero-order chi connectivity index (χ0) is 19.1. The van der Waals surface area contributed by atoms with E-state index in [0.717, 1.165) is 23.9 Å². The average Bonchev–Trinajstić information content (AvgIpc) is 3.41. The van der Waals surface area contributed by atoms with Crippen LogP contribution < -0.4 is 10.9 Å². The highest BCUT2D eigenvalue weighted by Crippen LogP contribution is 2.36. The number of hydrogen-bond acceptors (Lipinski definition) is 4. The molecule has 140 valence electrons. The third-order valence-electron chi connectivity index (χ3n) is 5.03. The van der Waals surface area contributed by atoms with E-state index in [1.54, 1.807) is 6.20 Å². The van der Waals surface area contributed by atoms with Crippen molar-refractivity contribution >= 4 is 16.8 Å². The molecule has 1 amide bonds. The first kappa shape index (κ1) is 17.5. The zero-order valence-electron chi connectivity index (χ0n) is 15.8. The van der Waals surface area contributed by atoms with Crippen LogP contribution in [0.4, 0.5) is 0 Å². The molecule has 7 nitrogen and oxygen atoms in total. The number of benzene rings is 1. The minimum absolute atomic E-state index is 0.112. The van der Waals surface area contributed by atoms with Crippen molar-refractivity contribution < 1.29 is 4.79 Å². The van der Waals surface area contributed by atoms with Crippen molar-refractivity contribution in [2.24, 2.45) is 0 Å². The second-order valence-corrected chi connectivity index (χ2v) is 7.33. The number of rotatable bonds is 5. The second-order valence-electron chi connectivity index (χ2n) is 7.33. The molecule has 0 radical (unpaired) electrons. The van der Waals surface area contributed by atoms with Gasteiger partial charge in [-0.15, -0.1) is 0 Å². The standard InChI is InChI=1S/C20H23N5O2/c1-12-4-6-15(7-5-12)13(2)22-18(26)11-24-20(27)19-14(3)23-25(16-8-9-16)17(19)10-21-24/h4-7,10,13,16H,8-9,11H2,1-3H3,(H,22,26)/t13-/m0/s1. The largest absolute Gasteiger partial charge is 0.348 e. The minimum atomic E-state index is -0.268. The van der Waals surface area contributed by atoms with E-state index in [-0.39, 0.29) is 24.1 Å². The first-order chi connectivity index (χ1) is 12.9. The number of aromatic nitrogens is 4. The van der Waals surface area contributed by atoms with E-state index in [9.17, 15) is 9.59 Å². The normalized spacial score (nSPS) is 15.1. The van der Waals surface area contributed by atoms with E-state index in [0.29, 0.717) is 17.1 Å². The van der Waals surface area contributed by atoms with Crippen LogP contribution in [-0.2, 0) is 11.3 Å². The van der Waals surface area contributed by atoms with Crippen LogP contribution >= 0.6 is 0 Å². The molecule has 2 aromatic heterocycles. The SMILES string of the molecule is Cc1ccc([C@H](C)NC(=O)Cn2ncc3c(c(C)nn3C3CC3)c2=O)cc1. The van der Waals surface area contributed by atoms with Gasteiger partial charge in [0.15, 0.2) is 0 Å². The molecule has 0 unspecified atom stereocenters. The summed E-state index contributed by atoms with van der Waals surface area (Å²) in [5.74, 6) is -0.246. The smallest absolute Gasteiger partial charge is 0.278 e. The van der Waals surface area contributed by atoms with Gasteiger partial charge in [-0.1, -0.05) is 29.8 Å². The van der Waals surface area contributed by atoms with Crippen LogP contribution in [0.15, 0.2) is 35.3 Å². The van der Waals surface area contributed by atoms with Gasteiger partial charge in [-0.3, -0.25) is 14.3 Å². The van der Waals surface area contributed by atoms with Gasteiger partial charge in [0.2, 0.25) is 5.91 Å². The highest BCUT2D eigenvalue weighted by atomic mass is 16.2. The highest BCUT2D eigenvalue weighted by Gasteiger charge is 2.28. The number of nitrogens with zero attached hydrogens (tertiary/aromatic N) is 4. The van der Waals surface area contributed by atoms with E-state index in [1.165, 1.54) is 10.2 Å². The molecule has 4 rings (SSSR count). The molecular formula is C20H23N5O2. The maximum absolute atomic E-state index is 12.8. The lowest BCUT2D eigenvalue weighted by atomic mass is 10.1. The van der Waals surface area contributed by atoms with Gasteiger partial charge in [0, 0.05) is 0 Å². The van der Waals surface area contributed by atoms with Crippen molar-refractivity contribution in [1.82, 2.24) is 24.9 Å². The molecule has 0 aliphatic heterocycles. The number of hydrogen-bond donors (Lipinski definition) is 1. The molecule has 2 heterocycles. The lowest BCUT2D eigenvalue weighted by Gasteiger charge is -2.15. The summed E-state index contributed by atoms with van der Waals surface area (Å²) < 4.78 is 3.11. The van der Waals surface area contributed by atoms with Crippen LogP contribution in [0.25, 0.3) is 10.9 Å². The molecule has 0 saturated heterocycles. The van der Waals surface area contributed by atoms with Gasteiger partial charge in [-0.25, -0.2) is 4.68 Å². The molecule has 27 heavy (non-hydrogen) atoms. The fourth-order valence-electron chi connectivity index (χ4n) is 3.33.